The maximum absolute atomic E-state index is 5.92. The summed E-state index contributed by atoms with van der Waals surface area (Å²) in [5, 5.41) is 0. The van der Waals surface area contributed by atoms with E-state index in [9.17, 15) is 0 Å². The van der Waals surface area contributed by atoms with Crippen LogP contribution >= 0.6 is 0 Å². The van der Waals surface area contributed by atoms with E-state index in [-0.39, 0.29) is 0 Å². The molecule has 0 spiro atoms. The van der Waals surface area contributed by atoms with Gasteiger partial charge in [-0.15, -0.1) is 0 Å². The van der Waals surface area contributed by atoms with Gasteiger partial charge in [0.1, 0.15) is 12.4 Å². The normalized spacial score (nSPS) is 10.7. The summed E-state index contributed by atoms with van der Waals surface area (Å²) < 4.78 is 10.4. The largest absolute Gasteiger partial charge is 0.491 e. The lowest BCUT2D eigenvalue weighted by Gasteiger charge is -2.11. The molecule has 2 N–H and O–H groups in total. The van der Waals surface area contributed by atoms with E-state index in [1.807, 2.05) is 18.2 Å². The third kappa shape index (κ3) is 3.44. The fraction of sp³-hybridized carbons (Fsp3) is 0.500. The van der Waals surface area contributed by atoms with Gasteiger partial charge in [-0.05, 0) is 17.5 Å². The topological polar surface area (TPSA) is 44.5 Å². The summed E-state index contributed by atoms with van der Waals surface area (Å²) in [5.41, 5.74) is 7.87. The Bertz CT molecular complexity index is 310. The van der Waals surface area contributed by atoms with Crippen LogP contribution in [0.3, 0.4) is 0 Å². The van der Waals surface area contributed by atoms with Crippen molar-refractivity contribution >= 4 is 5.69 Å². The van der Waals surface area contributed by atoms with Crippen LogP contribution < -0.4 is 10.5 Å². The average molecular weight is 209 g/mol. The number of rotatable bonds is 5. The zero-order valence-electron chi connectivity index (χ0n) is 9.62. The number of methoxy groups -OCH3 is 1. The molecular weight excluding hydrogens is 190 g/mol. The van der Waals surface area contributed by atoms with Gasteiger partial charge in [-0.3, -0.25) is 0 Å². The third-order valence-electron chi connectivity index (χ3n) is 2.24. The van der Waals surface area contributed by atoms with Crippen molar-refractivity contribution in [2.24, 2.45) is 0 Å². The number of nitrogen functional groups attached to an aromatic ring is 1. The maximum atomic E-state index is 5.92. The highest BCUT2D eigenvalue weighted by molar-refractivity contribution is 5.52. The summed E-state index contributed by atoms with van der Waals surface area (Å²) in [6.07, 6.45) is 0. The van der Waals surface area contributed by atoms with Crippen LogP contribution in [0.25, 0.3) is 0 Å². The Morgan fingerprint density at radius 2 is 2.00 bits per heavy atom. The maximum Gasteiger partial charge on any atom is 0.121 e. The van der Waals surface area contributed by atoms with Gasteiger partial charge in [-0.1, -0.05) is 19.9 Å². The molecule has 1 rings (SSSR count). The second-order valence-electron chi connectivity index (χ2n) is 3.79. The molecule has 0 aliphatic carbocycles. The molecule has 0 aromatic heterocycles. The molecule has 0 unspecified atom stereocenters. The number of hydrogen-bond donors (Lipinski definition) is 1. The van der Waals surface area contributed by atoms with Crippen LogP contribution in [-0.2, 0) is 4.74 Å². The molecule has 0 amide bonds. The summed E-state index contributed by atoms with van der Waals surface area (Å²) in [6.45, 7) is 5.39. The summed E-state index contributed by atoms with van der Waals surface area (Å²) in [4.78, 5) is 0. The molecule has 0 aliphatic rings. The van der Waals surface area contributed by atoms with E-state index in [1.165, 1.54) is 0 Å². The Kier molecular flexibility index (Phi) is 4.43. The minimum atomic E-state index is 0.443. The van der Waals surface area contributed by atoms with Gasteiger partial charge in [0.15, 0.2) is 0 Å². The minimum Gasteiger partial charge on any atom is -0.491 e. The standard InChI is InChI=1S/C12H19NO2/c1-9(2)11-5-4-10(8-12(11)13)15-7-6-14-3/h4-5,8-9H,6-7,13H2,1-3H3. The Balaban J connectivity index is 2.65. The van der Waals surface area contributed by atoms with Crippen molar-refractivity contribution in [2.45, 2.75) is 19.8 Å². The van der Waals surface area contributed by atoms with Crippen molar-refractivity contribution in [2.75, 3.05) is 26.1 Å². The van der Waals surface area contributed by atoms with Crippen LogP contribution in [0.1, 0.15) is 25.3 Å². The Hall–Kier alpha value is -1.22. The third-order valence-corrected chi connectivity index (χ3v) is 2.24. The van der Waals surface area contributed by atoms with E-state index in [1.54, 1.807) is 7.11 Å². The number of ether oxygens (including phenoxy) is 2. The molecule has 0 radical (unpaired) electrons. The quantitative estimate of drug-likeness (QED) is 0.598. The van der Waals surface area contributed by atoms with Crippen molar-refractivity contribution in [1.82, 2.24) is 0 Å². The predicted molar refractivity (Wildman–Crippen MR) is 62.3 cm³/mol. The Morgan fingerprint density at radius 1 is 1.27 bits per heavy atom. The molecule has 0 aliphatic heterocycles. The van der Waals surface area contributed by atoms with Gasteiger partial charge >= 0.3 is 0 Å². The first-order valence-electron chi connectivity index (χ1n) is 5.16. The van der Waals surface area contributed by atoms with Crippen LogP contribution in [0.5, 0.6) is 5.75 Å². The number of anilines is 1. The number of benzene rings is 1. The van der Waals surface area contributed by atoms with Gasteiger partial charge < -0.3 is 15.2 Å². The summed E-state index contributed by atoms with van der Waals surface area (Å²) in [6, 6.07) is 5.83. The van der Waals surface area contributed by atoms with Gasteiger partial charge in [0.2, 0.25) is 0 Å². The molecule has 0 saturated heterocycles. The first-order chi connectivity index (χ1) is 7.15. The molecule has 84 valence electrons. The van der Waals surface area contributed by atoms with E-state index in [0.29, 0.717) is 19.1 Å². The smallest absolute Gasteiger partial charge is 0.121 e. The second-order valence-corrected chi connectivity index (χ2v) is 3.79. The van der Waals surface area contributed by atoms with Crippen LogP contribution in [-0.4, -0.2) is 20.3 Å². The molecule has 3 heteroatoms. The van der Waals surface area contributed by atoms with Crippen molar-refractivity contribution in [1.29, 1.82) is 0 Å². The SMILES string of the molecule is COCCOc1ccc(C(C)C)c(N)c1. The fourth-order valence-corrected chi connectivity index (χ4v) is 1.41. The monoisotopic (exact) mass is 209 g/mol. The summed E-state index contributed by atoms with van der Waals surface area (Å²) in [7, 11) is 1.65. The molecule has 0 atom stereocenters. The van der Waals surface area contributed by atoms with Gasteiger partial charge in [0.25, 0.3) is 0 Å². The summed E-state index contributed by atoms with van der Waals surface area (Å²) >= 11 is 0. The zero-order chi connectivity index (χ0) is 11.3. The molecule has 0 fully saturated rings. The van der Waals surface area contributed by atoms with E-state index >= 15 is 0 Å². The average Bonchev–Trinajstić information content (AvgIpc) is 2.17. The molecular formula is C12H19NO2. The minimum absolute atomic E-state index is 0.443. The highest BCUT2D eigenvalue weighted by atomic mass is 16.5. The molecule has 3 nitrogen and oxygen atoms in total. The van der Waals surface area contributed by atoms with E-state index in [4.69, 9.17) is 15.2 Å². The highest BCUT2D eigenvalue weighted by Crippen LogP contribution is 2.25. The highest BCUT2D eigenvalue weighted by Gasteiger charge is 2.05. The van der Waals surface area contributed by atoms with Crippen molar-refractivity contribution in [3.8, 4) is 5.75 Å². The lowest BCUT2D eigenvalue weighted by atomic mass is 10.0. The lowest BCUT2D eigenvalue weighted by Crippen LogP contribution is -2.05. The molecule has 15 heavy (non-hydrogen) atoms. The van der Waals surface area contributed by atoms with Gasteiger partial charge in [0, 0.05) is 18.9 Å². The zero-order valence-corrected chi connectivity index (χ0v) is 9.62. The number of nitrogens with two attached hydrogens (primary N) is 1. The molecule has 0 saturated carbocycles. The predicted octanol–water partition coefficient (Wildman–Crippen LogP) is 2.42. The fourth-order valence-electron chi connectivity index (χ4n) is 1.41. The number of hydrogen-bond acceptors (Lipinski definition) is 3. The first-order valence-corrected chi connectivity index (χ1v) is 5.16. The molecule has 0 heterocycles. The van der Waals surface area contributed by atoms with E-state index in [2.05, 4.69) is 13.8 Å². The van der Waals surface area contributed by atoms with Crippen molar-refractivity contribution in [3.05, 3.63) is 23.8 Å². The summed E-state index contributed by atoms with van der Waals surface area (Å²) in [5.74, 6) is 1.24. The van der Waals surface area contributed by atoms with Crippen LogP contribution in [0.2, 0.25) is 0 Å². The molecule has 1 aromatic carbocycles. The van der Waals surface area contributed by atoms with Gasteiger partial charge in [-0.2, -0.15) is 0 Å². The lowest BCUT2D eigenvalue weighted by molar-refractivity contribution is 0.146. The second kappa shape index (κ2) is 5.61. The van der Waals surface area contributed by atoms with Gasteiger partial charge in [-0.25, -0.2) is 0 Å². The van der Waals surface area contributed by atoms with E-state index < -0.39 is 0 Å². The van der Waals surface area contributed by atoms with Crippen LogP contribution in [0.15, 0.2) is 18.2 Å². The molecule has 0 bridgehead atoms. The first kappa shape index (κ1) is 11.9. The molecule has 1 aromatic rings. The van der Waals surface area contributed by atoms with Gasteiger partial charge in [0.05, 0.1) is 6.61 Å². The van der Waals surface area contributed by atoms with Crippen molar-refractivity contribution in [3.63, 3.8) is 0 Å². The Morgan fingerprint density at radius 3 is 2.53 bits per heavy atom. The van der Waals surface area contributed by atoms with Crippen LogP contribution in [0, 0.1) is 0 Å². The van der Waals surface area contributed by atoms with Crippen LogP contribution in [0.4, 0.5) is 5.69 Å². The van der Waals surface area contributed by atoms with E-state index in [0.717, 1.165) is 17.0 Å². The van der Waals surface area contributed by atoms with Crippen molar-refractivity contribution < 1.29 is 9.47 Å². The Labute approximate surface area is 91.2 Å².